The van der Waals surface area contributed by atoms with E-state index in [2.05, 4.69) is 20.9 Å². The van der Waals surface area contributed by atoms with Gasteiger partial charge in [-0.25, -0.2) is 4.98 Å². The Morgan fingerprint density at radius 3 is 2.38 bits per heavy atom. The molecule has 0 aliphatic heterocycles. The summed E-state index contributed by atoms with van der Waals surface area (Å²) in [5, 5.41) is 9.40. The van der Waals surface area contributed by atoms with Gasteiger partial charge in [-0.15, -0.1) is 0 Å². The smallest absolute Gasteiger partial charge is 0.383 e. The van der Waals surface area contributed by atoms with Crippen molar-refractivity contribution in [3.05, 3.63) is 70.2 Å². The molecule has 0 unspecified atom stereocenters. The summed E-state index contributed by atoms with van der Waals surface area (Å²) in [6.45, 7) is 0. The highest BCUT2D eigenvalue weighted by Gasteiger charge is 2.34. The zero-order chi connectivity index (χ0) is 18.9. The molecule has 0 atom stereocenters. The van der Waals surface area contributed by atoms with Gasteiger partial charge in [0.1, 0.15) is 17.5 Å². The van der Waals surface area contributed by atoms with Crippen molar-refractivity contribution in [2.75, 3.05) is 5.73 Å². The highest BCUT2D eigenvalue weighted by Crippen LogP contribution is 2.40. The number of nitrogens with zero attached hydrogens (tertiary/aromatic N) is 2. The first-order valence-corrected chi connectivity index (χ1v) is 8.23. The number of hydrogen-bond donors (Lipinski definition) is 1. The van der Waals surface area contributed by atoms with Crippen molar-refractivity contribution in [3.8, 4) is 28.5 Å². The monoisotopic (exact) mass is 417 g/mol. The largest absolute Gasteiger partial charge is 0.417 e. The van der Waals surface area contributed by atoms with Crippen LogP contribution in [0.2, 0.25) is 0 Å². The number of alkyl halides is 3. The maximum atomic E-state index is 13.4. The molecule has 7 heteroatoms. The zero-order valence-electron chi connectivity index (χ0n) is 13.2. The van der Waals surface area contributed by atoms with E-state index in [9.17, 15) is 18.4 Å². The fourth-order valence-electron chi connectivity index (χ4n) is 2.66. The van der Waals surface area contributed by atoms with Crippen molar-refractivity contribution < 1.29 is 13.2 Å². The molecular weight excluding hydrogens is 407 g/mol. The van der Waals surface area contributed by atoms with Crippen molar-refractivity contribution in [2.24, 2.45) is 0 Å². The van der Waals surface area contributed by atoms with E-state index in [0.29, 0.717) is 11.3 Å². The molecule has 2 aromatic carbocycles. The third-order valence-corrected chi connectivity index (χ3v) is 4.30. The maximum Gasteiger partial charge on any atom is 0.417 e. The van der Waals surface area contributed by atoms with Gasteiger partial charge in [0.05, 0.1) is 11.3 Å². The summed E-state index contributed by atoms with van der Waals surface area (Å²) >= 11 is 3.35. The van der Waals surface area contributed by atoms with Gasteiger partial charge in [0.2, 0.25) is 0 Å². The first kappa shape index (κ1) is 18.0. The summed E-state index contributed by atoms with van der Waals surface area (Å²) in [7, 11) is 0. The lowest BCUT2D eigenvalue weighted by molar-refractivity contribution is -0.137. The Labute approximate surface area is 156 Å². The molecule has 0 saturated carbocycles. The van der Waals surface area contributed by atoms with E-state index >= 15 is 0 Å². The van der Waals surface area contributed by atoms with Gasteiger partial charge in [0, 0.05) is 15.6 Å². The van der Waals surface area contributed by atoms with E-state index in [1.165, 1.54) is 24.3 Å². The molecule has 0 amide bonds. The molecule has 0 radical (unpaired) electrons. The number of nitrogen functional groups attached to an aromatic ring is 1. The summed E-state index contributed by atoms with van der Waals surface area (Å²) in [4.78, 5) is 4.19. The number of nitrogens with two attached hydrogens (primary N) is 1. The Kier molecular flexibility index (Phi) is 4.70. The van der Waals surface area contributed by atoms with Gasteiger partial charge < -0.3 is 5.73 Å². The van der Waals surface area contributed by atoms with Gasteiger partial charge in [-0.3, -0.25) is 0 Å². The lowest BCUT2D eigenvalue weighted by Gasteiger charge is -2.15. The van der Waals surface area contributed by atoms with Crippen molar-refractivity contribution in [1.29, 1.82) is 5.26 Å². The molecule has 3 aromatic rings. The Morgan fingerprint density at radius 2 is 1.73 bits per heavy atom. The Morgan fingerprint density at radius 1 is 1.00 bits per heavy atom. The highest BCUT2D eigenvalue weighted by atomic mass is 79.9. The van der Waals surface area contributed by atoms with Crippen molar-refractivity contribution in [1.82, 2.24) is 4.98 Å². The van der Waals surface area contributed by atoms with Crippen molar-refractivity contribution in [2.45, 2.75) is 6.18 Å². The minimum Gasteiger partial charge on any atom is -0.383 e. The standard InChI is InChI=1S/C19H11BrF3N3/c20-12-5-3-4-11(8-12)17-9-14(15(10-24)18(25)26-17)13-6-1-2-7-16(13)19(21,22)23/h1-9H,(H2,25,26). The molecule has 2 N–H and O–H groups in total. The molecule has 130 valence electrons. The molecular formula is C19H11BrF3N3. The fourth-order valence-corrected chi connectivity index (χ4v) is 3.05. The zero-order valence-corrected chi connectivity index (χ0v) is 14.8. The van der Waals surface area contributed by atoms with E-state index in [0.717, 1.165) is 10.5 Å². The normalized spacial score (nSPS) is 11.2. The van der Waals surface area contributed by atoms with Gasteiger partial charge in [-0.1, -0.05) is 46.3 Å². The molecule has 0 saturated heterocycles. The van der Waals surface area contributed by atoms with Gasteiger partial charge in [0.25, 0.3) is 0 Å². The molecule has 26 heavy (non-hydrogen) atoms. The molecule has 0 aliphatic carbocycles. The average Bonchev–Trinajstić information content (AvgIpc) is 2.60. The fraction of sp³-hybridized carbons (Fsp3) is 0.0526. The highest BCUT2D eigenvalue weighted by molar-refractivity contribution is 9.10. The van der Waals surface area contributed by atoms with Crippen molar-refractivity contribution in [3.63, 3.8) is 0 Å². The molecule has 0 bridgehead atoms. The van der Waals surface area contributed by atoms with Crippen LogP contribution in [0.4, 0.5) is 19.0 Å². The minimum absolute atomic E-state index is 0.0829. The van der Waals surface area contributed by atoms with Gasteiger partial charge >= 0.3 is 6.18 Å². The average molecular weight is 418 g/mol. The van der Waals surface area contributed by atoms with Crippen LogP contribution >= 0.6 is 15.9 Å². The Hall–Kier alpha value is -2.85. The van der Waals surface area contributed by atoms with E-state index in [-0.39, 0.29) is 22.5 Å². The molecule has 1 heterocycles. The van der Waals surface area contributed by atoms with Gasteiger partial charge in [-0.2, -0.15) is 18.4 Å². The first-order chi connectivity index (χ1) is 12.3. The summed E-state index contributed by atoms with van der Waals surface area (Å²) in [5.41, 5.74) is 6.01. The van der Waals surface area contributed by atoms with Crippen LogP contribution in [0.3, 0.4) is 0 Å². The number of nitriles is 1. The second kappa shape index (κ2) is 6.81. The number of benzene rings is 2. The molecule has 0 spiro atoms. The minimum atomic E-state index is -4.56. The SMILES string of the molecule is N#Cc1c(-c2ccccc2C(F)(F)F)cc(-c2cccc(Br)c2)nc1N. The number of anilines is 1. The summed E-state index contributed by atoms with van der Waals surface area (Å²) in [6.07, 6.45) is -4.56. The molecule has 0 fully saturated rings. The first-order valence-electron chi connectivity index (χ1n) is 7.44. The van der Waals surface area contributed by atoms with Crippen LogP contribution in [0.1, 0.15) is 11.1 Å². The van der Waals surface area contributed by atoms with Crippen LogP contribution in [0.15, 0.2) is 59.1 Å². The Bertz CT molecular complexity index is 1020. The quantitative estimate of drug-likeness (QED) is 0.585. The van der Waals surface area contributed by atoms with E-state index in [1.807, 2.05) is 12.1 Å². The molecule has 3 rings (SSSR count). The maximum absolute atomic E-state index is 13.4. The van der Waals surface area contributed by atoms with Crippen LogP contribution in [0, 0.1) is 11.3 Å². The molecule has 3 nitrogen and oxygen atoms in total. The number of halogens is 4. The van der Waals surface area contributed by atoms with E-state index in [1.54, 1.807) is 18.2 Å². The third kappa shape index (κ3) is 3.41. The van der Waals surface area contributed by atoms with Crippen LogP contribution < -0.4 is 5.73 Å². The second-order valence-corrected chi connectivity index (χ2v) is 6.40. The van der Waals surface area contributed by atoms with E-state index < -0.39 is 11.7 Å². The molecule has 0 aliphatic rings. The number of pyridine rings is 1. The third-order valence-electron chi connectivity index (χ3n) is 3.80. The number of hydrogen-bond acceptors (Lipinski definition) is 3. The van der Waals surface area contributed by atoms with Crippen LogP contribution in [-0.4, -0.2) is 4.98 Å². The lowest BCUT2D eigenvalue weighted by atomic mass is 9.94. The van der Waals surface area contributed by atoms with Crippen LogP contribution in [0.25, 0.3) is 22.4 Å². The summed E-state index contributed by atoms with van der Waals surface area (Å²) in [6, 6.07) is 15.5. The summed E-state index contributed by atoms with van der Waals surface area (Å²) in [5.74, 6) is -0.114. The topological polar surface area (TPSA) is 62.7 Å². The van der Waals surface area contributed by atoms with Crippen LogP contribution in [-0.2, 0) is 6.18 Å². The Balaban J connectivity index is 2.31. The molecule has 1 aromatic heterocycles. The predicted molar refractivity (Wildman–Crippen MR) is 96.9 cm³/mol. The van der Waals surface area contributed by atoms with Crippen molar-refractivity contribution >= 4 is 21.7 Å². The second-order valence-electron chi connectivity index (χ2n) is 5.48. The predicted octanol–water partition coefficient (Wildman–Crippen LogP) is 5.65. The summed E-state index contributed by atoms with van der Waals surface area (Å²) < 4.78 is 41.0. The van der Waals surface area contributed by atoms with E-state index in [4.69, 9.17) is 5.73 Å². The van der Waals surface area contributed by atoms with Crippen LogP contribution in [0.5, 0.6) is 0 Å². The van der Waals surface area contributed by atoms with Gasteiger partial charge in [0.15, 0.2) is 0 Å². The van der Waals surface area contributed by atoms with Gasteiger partial charge in [-0.05, 0) is 29.8 Å². The lowest BCUT2D eigenvalue weighted by Crippen LogP contribution is -2.08. The number of rotatable bonds is 2. The number of aromatic nitrogens is 1.